The molecule has 3 aliphatic heterocycles. The highest BCUT2D eigenvalue weighted by atomic mass is 32.2. The molecule has 6 nitrogen and oxygen atoms in total. The zero-order chi connectivity index (χ0) is 18.0. The van der Waals surface area contributed by atoms with Crippen LogP contribution >= 0.6 is 0 Å². The monoisotopic (exact) mass is 385 g/mol. The molecule has 0 N–H and O–H groups in total. The van der Waals surface area contributed by atoms with Gasteiger partial charge in [-0.05, 0) is 43.9 Å². The first-order valence-corrected chi connectivity index (χ1v) is 12.1. The van der Waals surface area contributed by atoms with Gasteiger partial charge in [-0.25, -0.2) is 0 Å². The molecule has 26 heavy (non-hydrogen) atoms. The van der Waals surface area contributed by atoms with E-state index in [9.17, 15) is 8.42 Å². The summed E-state index contributed by atoms with van der Waals surface area (Å²) in [5.74, 6) is 0. The van der Waals surface area contributed by atoms with Crippen LogP contribution in [0.1, 0.15) is 57.8 Å². The molecule has 1 aliphatic carbocycles. The first-order valence-electron chi connectivity index (χ1n) is 10.7. The third-order valence-corrected chi connectivity index (χ3v) is 9.37. The van der Waals surface area contributed by atoms with Gasteiger partial charge in [-0.15, -0.1) is 0 Å². The zero-order valence-corrected chi connectivity index (χ0v) is 16.9. The summed E-state index contributed by atoms with van der Waals surface area (Å²) in [5.41, 5.74) is 0.452. The average molecular weight is 386 g/mol. The van der Waals surface area contributed by atoms with E-state index < -0.39 is 10.2 Å². The van der Waals surface area contributed by atoms with Crippen LogP contribution in [0.3, 0.4) is 0 Å². The largest absolute Gasteiger partial charge is 0.379 e. The Morgan fingerprint density at radius 1 is 0.731 bits per heavy atom. The second-order valence-electron chi connectivity index (χ2n) is 8.75. The van der Waals surface area contributed by atoms with E-state index in [1.54, 1.807) is 8.61 Å². The molecule has 0 aromatic rings. The Balaban J connectivity index is 1.30. The molecule has 4 fully saturated rings. The summed E-state index contributed by atoms with van der Waals surface area (Å²) in [7, 11) is -3.27. The SMILES string of the molecule is O=S(=O)(N1CCC(N2CCOCC2)CC1)N1CCC2(CCCCC2)CC1. The molecule has 0 aromatic heterocycles. The molecule has 0 radical (unpaired) electrons. The standard InChI is InChI=1S/C19H35N3O3S/c23-26(24,22-12-8-19(9-13-22)6-2-1-3-7-19)21-10-4-18(5-11-21)20-14-16-25-17-15-20/h18H,1-17H2. The van der Waals surface area contributed by atoms with E-state index in [1.807, 2.05) is 0 Å². The van der Waals surface area contributed by atoms with E-state index in [0.29, 0.717) is 24.5 Å². The van der Waals surface area contributed by atoms with E-state index in [2.05, 4.69) is 4.90 Å². The van der Waals surface area contributed by atoms with Gasteiger partial charge in [0, 0.05) is 45.3 Å². The molecule has 0 bridgehead atoms. The molecule has 4 aliphatic rings. The number of piperidine rings is 2. The van der Waals surface area contributed by atoms with Crippen molar-refractivity contribution in [3.05, 3.63) is 0 Å². The molecule has 1 spiro atoms. The number of morpholine rings is 1. The fourth-order valence-electron chi connectivity index (χ4n) is 5.54. The van der Waals surface area contributed by atoms with Gasteiger partial charge in [0.15, 0.2) is 0 Å². The maximum Gasteiger partial charge on any atom is 0.281 e. The van der Waals surface area contributed by atoms with Crippen LogP contribution < -0.4 is 0 Å². The molecular formula is C19H35N3O3S. The first-order chi connectivity index (χ1) is 12.6. The van der Waals surface area contributed by atoms with E-state index in [0.717, 1.165) is 65.1 Å². The van der Waals surface area contributed by atoms with E-state index in [4.69, 9.17) is 4.74 Å². The minimum atomic E-state index is -3.27. The molecule has 0 aromatic carbocycles. The van der Waals surface area contributed by atoms with Gasteiger partial charge in [-0.1, -0.05) is 19.3 Å². The van der Waals surface area contributed by atoms with Gasteiger partial charge < -0.3 is 4.74 Å². The number of hydrogen-bond donors (Lipinski definition) is 0. The normalized spacial score (nSPS) is 30.6. The Bertz CT molecular complexity index is 553. The molecule has 1 saturated carbocycles. The highest BCUT2D eigenvalue weighted by Gasteiger charge is 2.41. The minimum absolute atomic E-state index is 0.452. The molecule has 7 heteroatoms. The smallest absolute Gasteiger partial charge is 0.281 e. The van der Waals surface area contributed by atoms with Crippen LogP contribution in [0, 0.1) is 5.41 Å². The molecule has 3 saturated heterocycles. The summed E-state index contributed by atoms with van der Waals surface area (Å²) in [6.07, 6.45) is 10.7. The highest BCUT2D eigenvalue weighted by Crippen LogP contribution is 2.45. The lowest BCUT2D eigenvalue weighted by Crippen LogP contribution is -2.54. The van der Waals surface area contributed by atoms with Crippen molar-refractivity contribution in [3.8, 4) is 0 Å². The number of rotatable bonds is 3. The average Bonchev–Trinajstić information content (AvgIpc) is 2.70. The third-order valence-electron chi connectivity index (χ3n) is 7.34. The van der Waals surface area contributed by atoms with Crippen molar-refractivity contribution in [1.82, 2.24) is 13.5 Å². The van der Waals surface area contributed by atoms with Gasteiger partial charge in [0.25, 0.3) is 10.2 Å². The predicted molar refractivity (Wildman–Crippen MR) is 102 cm³/mol. The van der Waals surface area contributed by atoms with E-state index in [1.165, 1.54) is 32.1 Å². The van der Waals surface area contributed by atoms with Crippen molar-refractivity contribution in [2.24, 2.45) is 5.41 Å². The summed E-state index contributed by atoms with van der Waals surface area (Å²) in [6.45, 7) is 6.41. The van der Waals surface area contributed by atoms with E-state index >= 15 is 0 Å². The Morgan fingerprint density at radius 2 is 1.31 bits per heavy atom. The van der Waals surface area contributed by atoms with Crippen LogP contribution in [0.15, 0.2) is 0 Å². The molecule has 150 valence electrons. The van der Waals surface area contributed by atoms with Crippen LogP contribution in [0.2, 0.25) is 0 Å². The van der Waals surface area contributed by atoms with Crippen molar-refractivity contribution in [2.45, 2.75) is 63.8 Å². The van der Waals surface area contributed by atoms with Crippen LogP contribution in [0.5, 0.6) is 0 Å². The van der Waals surface area contributed by atoms with Crippen molar-refractivity contribution >= 4 is 10.2 Å². The first kappa shape index (κ1) is 19.1. The van der Waals surface area contributed by atoms with Crippen molar-refractivity contribution < 1.29 is 13.2 Å². The Morgan fingerprint density at radius 3 is 1.92 bits per heavy atom. The number of nitrogens with zero attached hydrogens (tertiary/aromatic N) is 3. The van der Waals surface area contributed by atoms with Gasteiger partial charge in [0.2, 0.25) is 0 Å². The Hall–Kier alpha value is -0.210. The van der Waals surface area contributed by atoms with Crippen LogP contribution in [-0.4, -0.2) is 80.5 Å². The van der Waals surface area contributed by atoms with Crippen LogP contribution in [0.4, 0.5) is 0 Å². The third kappa shape index (κ3) is 3.97. The van der Waals surface area contributed by atoms with Gasteiger partial charge >= 0.3 is 0 Å². The van der Waals surface area contributed by atoms with Gasteiger partial charge in [0.05, 0.1) is 13.2 Å². The lowest BCUT2D eigenvalue weighted by atomic mass is 9.68. The summed E-state index contributed by atoms with van der Waals surface area (Å²) in [4.78, 5) is 2.49. The molecule has 4 rings (SSSR count). The second kappa shape index (κ2) is 8.03. The van der Waals surface area contributed by atoms with Crippen molar-refractivity contribution in [2.75, 3.05) is 52.5 Å². The van der Waals surface area contributed by atoms with Crippen molar-refractivity contribution in [1.29, 1.82) is 0 Å². The highest BCUT2D eigenvalue weighted by molar-refractivity contribution is 7.86. The van der Waals surface area contributed by atoms with Crippen LogP contribution in [-0.2, 0) is 14.9 Å². The van der Waals surface area contributed by atoms with Gasteiger partial charge in [-0.2, -0.15) is 17.0 Å². The topological polar surface area (TPSA) is 53.1 Å². The summed E-state index contributed by atoms with van der Waals surface area (Å²) < 4.78 is 35.2. The summed E-state index contributed by atoms with van der Waals surface area (Å²) in [5, 5.41) is 0. The molecule has 3 heterocycles. The van der Waals surface area contributed by atoms with Crippen LogP contribution in [0.25, 0.3) is 0 Å². The fourth-order valence-corrected chi connectivity index (χ4v) is 7.18. The summed E-state index contributed by atoms with van der Waals surface area (Å²) >= 11 is 0. The molecule has 0 amide bonds. The zero-order valence-electron chi connectivity index (χ0n) is 16.1. The maximum absolute atomic E-state index is 13.1. The lowest BCUT2D eigenvalue weighted by molar-refractivity contribution is 0.00560. The molecular weight excluding hydrogens is 350 g/mol. The van der Waals surface area contributed by atoms with Crippen molar-refractivity contribution in [3.63, 3.8) is 0 Å². The fraction of sp³-hybridized carbons (Fsp3) is 1.00. The predicted octanol–water partition coefficient (Wildman–Crippen LogP) is 2.07. The summed E-state index contributed by atoms with van der Waals surface area (Å²) in [6, 6.07) is 0.525. The number of hydrogen-bond acceptors (Lipinski definition) is 4. The van der Waals surface area contributed by atoms with Gasteiger partial charge in [0.1, 0.15) is 0 Å². The second-order valence-corrected chi connectivity index (χ2v) is 10.7. The van der Waals surface area contributed by atoms with Gasteiger partial charge in [-0.3, -0.25) is 4.90 Å². The maximum atomic E-state index is 13.1. The number of ether oxygens (including phenoxy) is 1. The quantitative estimate of drug-likeness (QED) is 0.746. The Labute approximate surface area is 159 Å². The molecule has 0 atom stereocenters. The van der Waals surface area contributed by atoms with E-state index in [-0.39, 0.29) is 0 Å². The lowest BCUT2D eigenvalue weighted by Gasteiger charge is -2.45. The minimum Gasteiger partial charge on any atom is -0.379 e. The molecule has 0 unspecified atom stereocenters. The Kier molecular flexibility index (Phi) is 5.91.